The van der Waals surface area contributed by atoms with E-state index >= 15 is 0 Å². The Morgan fingerprint density at radius 2 is 2.08 bits per heavy atom. The number of nitrogens with zero attached hydrogens (tertiary/aromatic N) is 5. The number of nitriles is 1. The average molecular weight is 344 g/mol. The number of hydrogen-bond acceptors (Lipinski definition) is 6. The molecule has 0 saturated heterocycles. The number of carbonyl (C=O) groups is 1. The van der Waals surface area contributed by atoms with E-state index in [9.17, 15) is 10.1 Å². The van der Waals surface area contributed by atoms with E-state index in [0.29, 0.717) is 11.5 Å². The third-order valence-corrected chi connectivity index (χ3v) is 3.88. The van der Waals surface area contributed by atoms with Gasteiger partial charge in [-0.25, -0.2) is 15.0 Å². The Morgan fingerprint density at radius 1 is 1.23 bits per heavy atom. The van der Waals surface area contributed by atoms with Gasteiger partial charge >= 0.3 is 0 Å². The molecule has 0 aliphatic heterocycles. The fraction of sp³-hybridized carbons (Fsp3) is 0.0556. The van der Waals surface area contributed by atoms with Crippen molar-refractivity contribution in [2.24, 2.45) is 0 Å². The molecule has 4 aromatic rings. The number of nitrogens with one attached hydrogen (secondary N) is 1. The second-order valence-electron chi connectivity index (χ2n) is 5.39. The zero-order valence-electron chi connectivity index (χ0n) is 13.7. The Bertz CT molecular complexity index is 1190. The molecule has 3 heterocycles. The molecule has 0 unspecified atom stereocenters. The van der Waals surface area contributed by atoms with Gasteiger partial charge in [-0.05, 0) is 24.3 Å². The first-order valence-electron chi connectivity index (χ1n) is 7.69. The van der Waals surface area contributed by atoms with Gasteiger partial charge in [-0.15, -0.1) is 0 Å². The zero-order valence-corrected chi connectivity index (χ0v) is 13.7. The Morgan fingerprint density at radius 3 is 2.88 bits per heavy atom. The summed E-state index contributed by atoms with van der Waals surface area (Å²) in [5.41, 5.74) is 2.35. The minimum Gasteiger partial charge on any atom is -0.480 e. The SMILES string of the molecule is COc1nccc(NC(=O)c2ccn3c(n2)nc2ccccc23)c1C#N. The maximum absolute atomic E-state index is 12.6. The van der Waals surface area contributed by atoms with Crippen LogP contribution in [0.4, 0.5) is 5.69 Å². The third-order valence-electron chi connectivity index (χ3n) is 3.88. The molecule has 4 rings (SSSR count). The molecule has 0 aliphatic rings. The van der Waals surface area contributed by atoms with E-state index in [0.717, 1.165) is 11.0 Å². The largest absolute Gasteiger partial charge is 0.480 e. The van der Waals surface area contributed by atoms with Crippen LogP contribution in [0.2, 0.25) is 0 Å². The Balaban J connectivity index is 1.71. The quantitative estimate of drug-likeness (QED) is 0.612. The van der Waals surface area contributed by atoms with Gasteiger partial charge in [0.1, 0.15) is 17.3 Å². The van der Waals surface area contributed by atoms with Gasteiger partial charge in [0.05, 0.1) is 23.8 Å². The second kappa shape index (κ2) is 6.14. The Labute approximate surface area is 147 Å². The van der Waals surface area contributed by atoms with E-state index in [4.69, 9.17) is 4.74 Å². The minimum atomic E-state index is -0.454. The molecule has 1 aromatic carbocycles. The first-order chi connectivity index (χ1) is 12.7. The summed E-state index contributed by atoms with van der Waals surface area (Å²) in [6.45, 7) is 0. The smallest absolute Gasteiger partial charge is 0.274 e. The number of carbonyl (C=O) groups excluding carboxylic acids is 1. The van der Waals surface area contributed by atoms with Crippen LogP contribution in [0.3, 0.4) is 0 Å². The van der Waals surface area contributed by atoms with E-state index in [2.05, 4.69) is 20.3 Å². The lowest BCUT2D eigenvalue weighted by Gasteiger charge is -2.08. The fourth-order valence-electron chi connectivity index (χ4n) is 2.67. The number of imidazole rings is 1. The predicted molar refractivity (Wildman–Crippen MR) is 94.0 cm³/mol. The fourth-order valence-corrected chi connectivity index (χ4v) is 2.67. The summed E-state index contributed by atoms with van der Waals surface area (Å²) in [4.78, 5) is 25.2. The van der Waals surface area contributed by atoms with Gasteiger partial charge in [0, 0.05) is 12.4 Å². The van der Waals surface area contributed by atoms with Crippen molar-refractivity contribution < 1.29 is 9.53 Å². The number of ether oxygens (including phenoxy) is 1. The molecule has 3 aromatic heterocycles. The lowest BCUT2D eigenvalue weighted by Crippen LogP contribution is -2.15. The van der Waals surface area contributed by atoms with Crippen molar-refractivity contribution in [2.45, 2.75) is 0 Å². The van der Waals surface area contributed by atoms with Crippen LogP contribution in [0.25, 0.3) is 16.8 Å². The van der Waals surface area contributed by atoms with Crippen LogP contribution in [0.5, 0.6) is 5.88 Å². The molecule has 1 N–H and O–H groups in total. The van der Waals surface area contributed by atoms with E-state index in [-0.39, 0.29) is 17.1 Å². The van der Waals surface area contributed by atoms with Crippen LogP contribution in [0, 0.1) is 11.3 Å². The average Bonchev–Trinajstić information content (AvgIpc) is 3.05. The summed E-state index contributed by atoms with van der Waals surface area (Å²) in [6, 6.07) is 12.7. The minimum absolute atomic E-state index is 0.146. The highest BCUT2D eigenvalue weighted by molar-refractivity contribution is 6.04. The van der Waals surface area contributed by atoms with Crippen molar-refractivity contribution in [3.05, 3.63) is 60.0 Å². The van der Waals surface area contributed by atoms with Gasteiger partial charge in [-0.2, -0.15) is 5.26 Å². The lowest BCUT2D eigenvalue weighted by molar-refractivity contribution is 0.102. The summed E-state index contributed by atoms with van der Waals surface area (Å²) in [7, 11) is 1.41. The van der Waals surface area contributed by atoms with Gasteiger partial charge in [-0.1, -0.05) is 12.1 Å². The number of amides is 1. The van der Waals surface area contributed by atoms with Crippen molar-refractivity contribution >= 4 is 28.4 Å². The normalized spacial score (nSPS) is 10.6. The van der Waals surface area contributed by atoms with Crippen molar-refractivity contribution in [2.75, 3.05) is 12.4 Å². The van der Waals surface area contributed by atoms with Crippen molar-refractivity contribution in [1.82, 2.24) is 19.4 Å². The van der Waals surface area contributed by atoms with Gasteiger partial charge < -0.3 is 10.1 Å². The number of para-hydroxylation sites is 2. The van der Waals surface area contributed by atoms with E-state index in [1.54, 1.807) is 12.3 Å². The maximum atomic E-state index is 12.6. The van der Waals surface area contributed by atoms with Crippen LogP contribution >= 0.6 is 0 Å². The number of hydrogen-bond donors (Lipinski definition) is 1. The van der Waals surface area contributed by atoms with E-state index in [1.165, 1.54) is 19.4 Å². The van der Waals surface area contributed by atoms with Gasteiger partial charge in [0.15, 0.2) is 0 Å². The van der Waals surface area contributed by atoms with Crippen molar-refractivity contribution in [3.8, 4) is 11.9 Å². The molecule has 0 aliphatic carbocycles. The van der Waals surface area contributed by atoms with Crippen LogP contribution in [-0.2, 0) is 0 Å². The lowest BCUT2D eigenvalue weighted by atomic mass is 10.2. The number of fused-ring (bicyclic) bond motifs is 3. The number of methoxy groups -OCH3 is 1. The van der Waals surface area contributed by atoms with Gasteiger partial charge in [-0.3, -0.25) is 9.20 Å². The number of rotatable bonds is 3. The predicted octanol–water partition coefficient (Wildman–Crippen LogP) is 2.41. The molecule has 126 valence electrons. The highest BCUT2D eigenvalue weighted by Gasteiger charge is 2.16. The molecule has 0 atom stereocenters. The first-order valence-corrected chi connectivity index (χ1v) is 7.69. The molecule has 0 radical (unpaired) electrons. The van der Waals surface area contributed by atoms with Crippen LogP contribution < -0.4 is 10.1 Å². The van der Waals surface area contributed by atoms with Crippen LogP contribution in [0.1, 0.15) is 16.1 Å². The van der Waals surface area contributed by atoms with Crippen molar-refractivity contribution in [1.29, 1.82) is 5.26 Å². The summed E-state index contributed by atoms with van der Waals surface area (Å²) in [6.07, 6.45) is 3.19. The molecular weight excluding hydrogens is 332 g/mol. The van der Waals surface area contributed by atoms with Crippen molar-refractivity contribution in [3.63, 3.8) is 0 Å². The Hall–Kier alpha value is -3.99. The number of benzene rings is 1. The number of anilines is 1. The molecule has 8 nitrogen and oxygen atoms in total. The zero-order chi connectivity index (χ0) is 18.1. The summed E-state index contributed by atoms with van der Waals surface area (Å²) in [5, 5.41) is 12.0. The van der Waals surface area contributed by atoms with E-state index in [1.807, 2.05) is 34.7 Å². The second-order valence-corrected chi connectivity index (χ2v) is 5.39. The molecule has 0 saturated carbocycles. The molecular formula is C18H12N6O2. The van der Waals surface area contributed by atoms with Crippen LogP contribution in [0.15, 0.2) is 48.8 Å². The summed E-state index contributed by atoms with van der Waals surface area (Å²) in [5.74, 6) is 0.115. The summed E-state index contributed by atoms with van der Waals surface area (Å²) >= 11 is 0. The van der Waals surface area contributed by atoms with Gasteiger partial charge in [0.25, 0.3) is 5.91 Å². The highest BCUT2D eigenvalue weighted by Crippen LogP contribution is 2.23. The number of aromatic nitrogens is 4. The summed E-state index contributed by atoms with van der Waals surface area (Å²) < 4.78 is 6.85. The van der Waals surface area contributed by atoms with Gasteiger partial charge in [0.2, 0.25) is 11.7 Å². The third kappa shape index (κ3) is 2.48. The molecule has 26 heavy (non-hydrogen) atoms. The standard InChI is InChI=1S/C18H12N6O2/c1-26-17-11(10-19)12(6-8-20-17)21-16(25)14-7-9-24-15-5-3-2-4-13(15)22-18(24)23-14/h2-9H,1H3,(H,20,21,25). The highest BCUT2D eigenvalue weighted by atomic mass is 16.5. The monoisotopic (exact) mass is 344 g/mol. The molecule has 1 amide bonds. The molecule has 0 spiro atoms. The molecule has 0 fully saturated rings. The molecule has 0 bridgehead atoms. The Kier molecular flexibility index (Phi) is 3.67. The maximum Gasteiger partial charge on any atom is 0.274 e. The number of pyridine rings is 1. The molecule has 8 heteroatoms. The first kappa shape index (κ1) is 15.5. The van der Waals surface area contributed by atoms with E-state index < -0.39 is 5.91 Å². The topological polar surface area (TPSA) is 105 Å². The van der Waals surface area contributed by atoms with Crippen LogP contribution in [-0.4, -0.2) is 32.4 Å².